The molecule has 1 aliphatic heterocycles. The van der Waals surface area contributed by atoms with Crippen molar-refractivity contribution in [2.45, 2.75) is 37.9 Å². The predicted molar refractivity (Wildman–Crippen MR) is 111 cm³/mol. The standard InChI is InChI=1S/C23H28N2O4/c1-28-19-9-10-20(21(15-19)29-16-17-5-3-2-4-6-17)24-22(26)25-13-11-23(27,12-14-25)18-7-8-18/h2-6,9-10,15,18,27H,7-8,11-14,16H2,1H3,(H,24,26). The summed E-state index contributed by atoms with van der Waals surface area (Å²) in [5, 5.41) is 13.7. The molecule has 154 valence electrons. The van der Waals surface area contributed by atoms with Crippen LogP contribution in [0, 0.1) is 5.92 Å². The smallest absolute Gasteiger partial charge is 0.321 e. The maximum absolute atomic E-state index is 12.8. The third-order valence-electron chi connectivity index (χ3n) is 5.92. The highest BCUT2D eigenvalue weighted by Crippen LogP contribution is 2.45. The molecule has 1 aliphatic carbocycles. The minimum atomic E-state index is -0.582. The summed E-state index contributed by atoms with van der Waals surface area (Å²) in [6.45, 7) is 1.53. The van der Waals surface area contributed by atoms with Crippen LogP contribution in [0.5, 0.6) is 11.5 Å². The third-order valence-corrected chi connectivity index (χ3v) is 5.92. The molecule has 2 aromatic rings. The van der Waals surface area contributed by atoms with Gasteiger partial charge in [0.1, 0.15) is 18.1 Å². The summed E-state index contributed by atoms with van der Waals surface area (Å²) in [5.41, 5.74) is 1.07. The van der Waals surface area contributed by atoms with E-state index in [4.69, 9.17) is 9.47 Å². The second-order valence-electron chi connectivity index (χ2n) is 7.93. The van der Waals surface area contributed by atoms with Gasteiger partial charge in [-0.1, -0.05) is 30.3 Å². The molecule has 6 nitrogen and oxygen atoms in total. The number of aliphatic hydroxyl groups is 1. The van der Waals surface area contributed by atoms with Crippen molar-refractivity contribution in [3.8, 4) is 11.5 Å². The van der Waals surface area contributed by atoms with Gasteiger partial charge in [-0.25, -0.2) is 4.79 Å². The van der Waals surface area contributed by atoms with E-state index in [0.29, 0.717) is 55.6 Å². The number of urea groups is 1. The summed E-state index contributed by atoms with van der Waals surface area (Å²) < 4.78 is 11.3. The molecular formula is C23H28N2O4. The quantitative estimate of drug-likeness (QED) is 0.773. The molecule has 0 spiro atoms. The normalized spacial score (nSPS) is 18.2. The number of benzene rings is 2. The molecule has 1 saturated carbocycles. The predicted octanol–water partition coefficient (Wildman–Crippen LogP) is 4.04. The number of piperidine rings is 1. The Morgan fingerprint density at radius 1 is 1.17 bits per heavy atom. The first kappa shape index (κ1) is 19.6. The summed E-state index contributed by atoms with van der Waals surface area (Å²) in [6.07, 6.45) is 3.50. The number of hydrogen-bond acceptors (Lipinski definition) is 4. The van der Waals surface area contributed by atoms with Crippen molar-refractivity contribution >= 4 is 11.7 Å². The first-order valence-electron chi connectivity index (χ1n) is 10.2. The highest BCUT2D eigenvalue weighted by Gasteiger charge is 2.45. The zero-order chi connectivity index (χ0) is 20.3. The van der Waals surface area contributed by atoms with Crippen molar-refractivity contribution in [2.24, 2.45) is 5.92 Å². The average molecular weight is 396 g/mol. The number of anilines is 1. The number of amides is 2. The van der Waals surface area contributed by atoms with Crippen molar-refractivity contribution in [2.75, 3.05) is 25.5 Å². The molecule has 0 aromatic heterocycles. The Morgan fingerprint density at radius 2 is 1.90 bits per heavy atom. The van der Waals surface area contributed by atoms with Crippen molar-refractivity contribution < 1.29 is 19.4 Å². The number of nitrogens with zero attached hydrogens (tertiary/aromatic N) is 1. The molecule has 0 radical (unpaired) electrons. The van der Waals surface area contributed by atoms with Gasteiger partial charge in [-0.2, -0.15) is 0 Å². The van der Waals surface area contributed by atoms with Crippen LogP contribution in [0.4, 0.5) is 10.5 Å². The van der Waals surface area contributed by atoms with E-state index in [1.807, 2.05) is 30.3 Å². The van der Waals surface area contributed by atoms with Gasteiger partial charge in [0.25, 0.3) is 0 Å². The Balaban J connectivity index is 1.41. The van der Waals surface area contributed by atoms with E-state index < -0.39 is 5.60 Å². The third kappa shape index (κ3) is 4.65. The molecule has 1 saturated heterocycles. The number of methoxy groups -OCH3 is 1. The maximum Gasteiger partial charge on any atom is 0.321 e. The molecule has 6 heteroatoms. The van der Waals surface area contributed by atoms with Crippen LogP contribution in [0.3, 0.4) is 0 Å². The van der Waals surface area contributed by atoms with E-state index in [2.05, 4.69) is 5.32 Å². The number of hydrogen-bond donors (Lipinski definition) is 2. The monoisotopic (exact) mass is 396 g/mol. The van der Waals surface area contributed by atoms with Gasteiger partial charge in [-0.3, -0.25) is 0 Å². The number of carbonyl (C=O) groups excluding carboxylic acids is 1. The minimum absolute atomic E-state index is 0.169. The van der Waals surface area contributed by atoms with E-state index >= 15 is 0 Å². The van der Waals surface area contributed by atoms with Gasteiger partial charge >= 0.3 is 6.03 Å². The summed E-state index contributed by atoms with van der Waals surface area (Å²) in [6, 6.07) is 15.1. The van der Waals surface area contributed by atoms with Gasteiger partial charge in [0, 0.05) is 19.2 Å². The minimum Gasteiger partial charge on any atom is -0.497 e. The Bertz CT molecular complexity index is 843. The lowest BCUT2D eigenvalue weighted by Gasteiger charge is -2.38. The largest absolute Gasteiger partial charge is 0.497 e. The zero-order valence-corrected chi connectivity index (χ0v) is 16.8. The van der Waals surface area contributed by atoms with E-state index in [0.717, 1.165) is 18.4 Å². The Kier molecular flexibility index (Phi) is 5.62. The summed E-state index contributed by atoms with van der Waals surface area (Å²) in [7, 11) is 1.60. The molecule has 0 atom stereocenters. The Hall–Kier alpha value is -2.73. The molecule has 4 rings (SSSR count). The van der Waals surface area contributed by atoms with Crippen LogP contribution in [0.15, 0.2) is 48.5 Å². The molecule has 2 N–H and O–H groups in total. The first-order chi connectivity index (χ1) is 14.1. The van der Waals surface area contributed by atoms with Gasteiger partial charge in [0.2, 0.25) is 0 Å². The van der Waals surface area contributed by atoms with Crippen LogP contribution in [-0.2, 0) is 6.61 Å². The zero-order valence-electron chi connectivity index (χ0n) is 16.8. The number of nitrogens with one attached hydrogen (secondary N) is 1. The molecule has 29 heavy (non-hydrogen) atoms. The summed E-state index contributed by atoms with van der Waals surface area (Å²) >= 11 is 0. The van der Waals surface area contributed by atoms with Crippen LogP contribution in [-0.4, -0.2) is 41.8 Å². The van der Waals surface area contributed by atoms with Gasteiger partial charge in [-0.15, -0.1) is 0 Å². The highest BCUT2D eigenvalue weighted by atomic mass is 16.5. The highest BCUT2D eigenvalue weighted by molar-refractivity contribution is 5.91. The molecule has 0 unspecified atom stereocenters. The second kappa shape index (κ2) is 8.33. The molecule has 2 aromatic carbocycles. The van der Waals surface area contributed by atoms with E-state index in [1.165, 1.54) is 0 Å². The number of likely N-dealkylation sites (tertiary alicyclic amines) is 1. The number of carbonyl (C=O) groups is 1. The molecule has 2 fully saturated rings. The lowest BCUT2D eigenvalue weighted by Crippen LogP contribution is -2.49. The van der Waals surface area contributed by atoms with E-state index in [1.54, 1.807) is 30.2 Å². The van der Waals surface area contributed by atoms with E-state index in [9.17, 15) is 9.90 Å². The lowest BCUT2D eigenvalue weighted by molar-refractivity contribution is -0.0297. The van der Waals surface area contributed by atoms with Gasteiger partial charge in [0.05, 0.1) is 18.4 Å². The lowest BCUT2D eigenvalue weighted by atomic mass is 9.87. The Morgan fingerprint density at radius 3 is 2.55 bits per heavy atom. The molecular weight excluding hydrogens is 368 g/mol. The molecule has 0 bridgehead atoms. The van der Waals surface area contributed by atoms with Crippen molar-refractivity contribution in [3.05, 3.63) is 54.1 Å². The van der Waals surface area contributed by atoms with Crippen LogP contribution in [0.2, 0.25) is 0 Å². The molecule has 1 heterocycles. The molecule has 2 amide bonds. The van der Waals surface area contributed by atoms with E-state index in [-0.39, 0.29) is 6.03 Å². The first-order valence-corrected chi connectivity index (χ1v) is 10.2. The maximum atomic E-state index is 12.8. The van der Waals surface area contributed by atoms with Crippen LogP contribution in [0.25, 0.3) is 0 Å². The fourth-order valence-electron chi connectivity index (χ4n) is 3.91. The van der Waals surface area contributed by atoms with Crippen LogP contribution < -0.4 is 14.8 Å². The summed E-state index contributed by atoms with van der Waals surface area (Å²) in [5.74, 6) is 1.65. The average Bonchev–Trinajstić information content (AvgIpc) is 3.60. The number of rotatable bonds is 6. The fraction of sp³-hybridized carbons (Fsp3) is 0.435. The van der Waals surface area contributed by atoms with Gasteiger partial charge in [-0.05, 0) is 49.3 Å². The van der Waals surface area contributed by atoms with Crippen molar-refractivity contribution in [1.82, 2.24) is 4.90 Å². The van der Waals surface area contributed by atoms with Gasteiger partial charge in [0.15, 0.2) is 0 Å². The van der Waals surface area contributed by atoms with Gasteiger partial charge < -0.3 is 24.8 Å². The second-order valence-corrected chi connectivity index (χ2v) is 7.93. The number of ether oxygens (including phenoxy) is 2. The van der Waals surface area contributed by atoms with Crippen molar-refractivity contribution in [1.29, 1.82) is 0 Å². The SMILES string of the molecule is COc1ccc(NC(=O)N2CCC(O)(C3CC3)CC2)c(OCc2ccccc2)c1. The molecule has 2 aliphatic rings. The van der Waals surface area contributed by atoms with Crippen LogP contribution >= 0.6 is 0 Å². The van der Waals surface area contributed by atoms with Crippen LogP contribution in [0.1, 0.15) is 31.2 Å². The van der Waals surface area contributed by atoms with Crippen molar-refractivity contribution in [3.63, 3.8) is 0 Å². The Labute approximate surface area is 171 Å². The topological polar surface area (TPSA) is 71.0 Å². The summed E-state index contributed by atoms with van der Waals surface area (Å²) in [4.78, 5) is 14.6. The fourth-order valence-corrected chi connectivity index (χ4v) is 3.91.